The van der Waals surface area contributed by atoms with Crippen LogP contribution in [0.25, 0.3) is 0 Å². The quantitative estimate of drug-likeness (QED) is 0.810. The lowest BCUT2D eigenvalue weighted by Gasteiger charge is -2.31. The highest BCUT2D eigenvalue weighted by Gasteiger charge is 2.38. The highest BCUT2D eigenvalue weighted by molar-refractivity contribution is 9.09. The standard InChI is InChI=1S/C13H22BrNO3/c1-12(2,3)18-11(17)15-13(6-4-5-7-13)8-10(16)9-14/h4-9H2,1-3H3,(H,15,17). The van der Waals surface area contributed by atoms with Gasteiger partial charge in [-0.25, -0.2) is 4.79 Å². The summed E-state index contributed by atoms with van der Waals surface area (Å²) < 4.78 is 5.27. The molecule has 0 aromatic heterocycles. The van der Waals surface area contributed by atoms with Gasteiger partial charge in [0.2, 0.25) is 0 Å². The lowest BCUT2D eigenvalue weighted by atomic mass is 9.91. The summed E-state index contributed by atoms with van der Waals surface area (Å²) in [6, 6.07) is 0. The van der Waals surface area contributed by atoms with Crippen molar-refractivity contribution in [3.8, 4) is 0 Å². The van der Waals surface area contributed by atoms with E-state index < -0.39 is 17.2 Å². The number of rotatable bonds is 4. The Balaban J connectivity index is 2.63. The van der Waals surface area contributed by atoms with E-state index in [4.69, 9.17) is 4.74 Å². The Bertz CT molecular complexity index is 317. The largest absolute Gasteiger partial charge is 0.444 e. The number of carbonyl (C=O) groups excluding carboxylic acids is 2. The first-order valence-electron chi connectivity index (χ1n) is 6.35. The Labute approximate surface area is 117 Å². The number of hydrogen-bond acceptors (Lipinski definition) is 3. The molecule has 1 aliphatic carbocycles. The average molecular weight is 320 g/mol. The van der Waals surface area contributed by atoms with E-state index in [-0.39, 0.29) is 5.78 Å². The van der Waals surface area contributed by atoms with Crippen LogP contribution in [0.3, 0.4) is 0 Å². The lowest BCUT2D eigenvalue weighted by molar-refractivity contribution is -0.117. The molecule has 0 aromatic rings. The number of hydrogen-bond donors (Lipinski definition) is 1. The van der Waals surface area contributed by atoms with Crippen molar-refractivity contribution < 1.29 is 14.3 Å². The maximum absolute atomic E-state index is 11.8. The lowest BCUT2D eigenvalue weighted by Crippen LogP contribution is -2.49. The topological polar surface area (TPSA) is 55.4 Å². The van der Waals surface area contributed by atoms with Crippen LogP contribution in [-0.4, -0.2) is 28.3 Å². The summed E-state index contributed by atoms with van der Waals surface area (Å²) in [6.07, 6.45) is 3.76. The predicted molar refractivity (Wildman–Crippen MR) is 74.0 cm³/mol. The number of nitrogens with one attached hydrogen (secondary N) is 1. The first kappa shape index (κ1) is 15.5. The molecular formula is C13H22BrNO3. The third kappa shape index (κ3) is 4.96. The van der Waals surface area contributed by atoms with E-state index in [2.05, 4.69) is 21.2 Å². The maximum Gasteiger partial charge on any atom is 0.408 e. The summed E-state index contributed by atoms with van der Waals surface area (Å²) in [4.78, 5) is 23.4. The van der Waals surface area contributed by atoms with E-state index in [1.807, 2.05) is 20.8 Å². The minimum atomic E-state index is -0.511. The number of halogens is 1. The van der Waals surface area contributed by atoms with Crippen LogP contribution in [0.1, 0.15) is 52.9 Å². The van der Waals surface area contributed by atoms with Gasteiger partial charge in [-0.05, 0) is 33.6 Å². The van der Waals surface area contributed by atoms with Gasteiger partial charge in [-0.2, -0.15) is 0 Å². The molecule has 104 valence electrons. The molecule has 0 radical (unpaired) electrons. The Morgan fingerprint density at radius 1 is 1.28 bits per heavy atom. The van der Waals surface area contributed by atoms with Gasteiger partial charge in [-0.1, -0.05) is 28.8 Å². The monoisotopic (exact) mass is 319 g/mol. The third-order valence-electron chi connectivity index (χ3n) is 3.01. The minimum absolute atomic E-state index is 0.118. The molecule has 0 unspecified atom stereocenters. The Kier molecular flexibility index (Phi) is 5.20. The van der Waals surface area contributed by atoms with Gasteiger partial charge in [-0.15, -0.1) is 0 Å². The van der Waals surface area contributed by atoms with Crippen LogP contribution >= 0.6 is 15.9 Å². The second-order valence-electron chi connectivity index (χ2n) is 5.96. The van der Waals surface area contributed by atoms with Crippen LogP contribution in [0.5, 0.6) is 0 Å². The van der Waals surface area contributed by atoms with Crippen molar-refractivity contribution in [1.82, 2.24) is 5.32 Å². The molecule has 0 heterocycles. The molecule has 0 aliphatic heterocycles. The number of Topliss-reactive ketones (excluding diaryl/α,β-unsaturated/α-hetero) is 1. The second-order valence-corrected chi connectivity index (χ2v) is 6.52. The molecule has 0 bridgehead atoms. The number of carbonyl (C=O) groups is 2. The van der Waals surface area contributed by atoms with Crippen LogP contribution < -0.4 is 5.32 Å². The first-order chi connectivity index (χ1) is 8.26. The zero-order valence-electron chi connectivity index (χ0n) is 11.3. The van der Waals surface area contributed by atoms with Crippen LogP contribution in [0.2, 0.25) is 0 Å². The van der Waals surface area contributed by atoms with Gasteiger partial charge in [0.25, 0.3) is 0 Å². The van der Waals surface area contributed by atoms with Gasteiger partial charge in [0.05, 0.1) is 10.9 Å². The highest BCUT2D eigenvalue weighted by Crippen LogP contribution is 2.33. The van der Waals surface area contributed by atoms with Gasteiger partial charge in [0, 0.05) is 6.42 Å². The highest BCUT2D eigenvalue weighted by atomic mass is 79.9. The van der Waals surface area contributed by atoms with Crippen molar-refractivity contribution in [3.63, 3.8) is 0 Å². The summed E-state index contributed by atoms with van der Waals surface area (Å²) in [7, 11) is 0. The van der Waals surface area contributed by atoms with Crippen LogP contribution in [0.4, 0.5) is 4.79 Å². The summed E-state index contributed by atoms with van der Waals surface area (Å²) in [5, 5.41) is 3.25. The zero-order valence-corrected chi connectivity index (χ0v) is 12.9. The fourth-order valence-corrected chi connectivity index (χ4v) is 2.54. The van der Waals surface area contributed by atoms with Crippen molar-refractivity contribution in [2.24, 2.45) is 0 Å². The molecule has 0 saturated heterocycles. The van der Waals surface area contributed by atoms with E-state index in [9.17, 15) is 9.59 Å². The van der Waals surface area contributed by atoms with E-state index in [1.54, 1.807) is 0 Å². The minimum Gasteiger partial charge on any atom is -0.444 e. The molecule has 1 aliphatic rings. The Morgan fingerprint density at radius 3 is 2.28 bits per heavy atom. The van der Waals surface area contributed by atoms with Crippen LogP contribution in [-0.2, 0) is 9.53 Å². The summed E-state index contributed by atoms with van der Waals surface area (Å²) in [5.74, 6) is 0.118. The molecular weight excluding hydrogens is 298 g/mol. The molecule has 0 atom stereocenters. The number of amides is 1. The number of ether oxygens (including phenoxy) is 1. The average Bonchev–Trinajstić information content (AvgIpc) is 2.62. The Morgan fingerprint density at radius 2 is 1.83 bits per heavy atom. The van der Waals surface area contributed by atoms with E-state index in [0.717, 1.165) is 25.7 Å². The van der Waals surface area contributed by atoms with Crippen molar-refractivity contribution in [3.05, 3.63) is 0 Å². The Hall–Kier alpha value is -0.580. The van der Waals surface area contributed by atoms with Crippen molar-refractivity contribution in [2.45, 2.75) is 64.0 Å². The smallest absolute Gasteiger partial charge is 0.408 e. The number of ketones is 1. The molecule has 1 fully saturated rings. The molecule has 0 spiro atoms. The van der Waals surface area contributed by atoms with E-state index in [0.29, 0.717) is 11.8 Å². The molecule has 1 rings (SSSR count). The molecule has 1 N–H and O–H groups in total. The van der Waals surface area contributed by atoms with Crippen LogP contribution in [0.15, 0.2) is 0 Å². The fourth-order valence-electron chi connectivity index (χ4n) is 2.34. The summed E-state index contributed by atoms with van der Waals surface area (Å²) >= 11 is 3.17. The summed E-state index contributed by atoms with van der Waals surface area (Å²) in [5.41, 5.74) is -0.906. The summed E-state index contributed by atoms with van der Waals surface area (Å²) in [6.45, 7) is 5.49. The fraction of sp³-hybridized carbons (Fsp3) is 0.846. The molecule has 1 saturated carbocycles. The second kappa shape index (κ2) is 6.04. The van der Waals surface area contributed by atoms with Crippen molar-refractivity contribution >= 4 is 27.8 Å². The third-order valence-corrected chi connectivity index (χ3v) is 3.64. The first-order valence-corrected chi connectivity index (χ1v) is 7.47. The number of alkyl halides is 1. The molecule has 4 nitrogen and oxygen atoms in total. The number of alkyl carbamates (subject to hydrolysis) is 1. The van der Waals surface area contributed by atoms with Crippen molar-refractivity contribution in [2.75, 3.05) is 5.33 Å². The van der Waals surface area contributed by atoms with Gasteiger partial charge in [0.15, 0.2) is 0 Å². The zero-order chi connectivity index (χ0) is 13.8. The van der Waals surface area contributed by atoms with Gasteiger partial charge in [0.1, 0.15) is 11.4 Å². The van der Waals surface area contributed by atoms with Gasteiger partial charge < -0.3 is 10.1 Å². The maximum atomic E-state index is 11.8. The SMILES string of the molecule is CC(C)(C)OC(=O)NC1(CC(=O)CBr)CCCC1. The molecule has 0 aromatic carbocycles. The van der Waals surface area contributed by atoms with E-state index >= 15 is 0 Å². The molecule has 5 heteroatoms. The van der Waals surface area contributed by atoms with Crippen molar-refractivity contribution in [1.29, 1.82) is 0 Å². The van der Waals surface area contributed by atoms with E-state index in [1.165, 1.54) is 0 Å². The molecule has 1 amide bonds. The predicted octanol–water partition coefficient (Wildman–Crippen LogP) is 3.18. The normalized spacial score (nSPS) is 18.4. The van der Waals surface area contributed by atoms with Crippen LogP contribution in [0, 0.1) is 0 Å². The van der Waals surface area contributed by atoms with Gasteiger partial charge >= 0.3 is 6.09 Å². The van der Waals surface area contributed by atoms with Gasteiger partial charge in [-0.3, -0.25) is 4.79 Å². The molecule has 18 heavy (non-hydrogen) atoms.